The van der Waals surface area contributed by atoms with Crippen LogP contribution in [0.2, 0.25) is 10.0 Å². The zero-order valence-corrected chi connectivity index (χ0v) is 15.4. The van der Waals surface area contributed by atoms with E-state index in [1.165, 1.54) is 5.56 Å². The van der Waals surface area contributed by atoms with E-state index in [0.717, 1.165) is 22.9 Å². The summed E-state index contributed by atoms with van der Waals surface area (Å²) in [5.41, 5.74) is 3.30. The number of H-pyrrole nitrogens is 1. The highest BCUT2D eigenvalue weighted by Crippen LogP contribution is 2.30. The van der Waals surface area contributed by atoms with E-state index >= 15 is 0 Å². The average Bonchev–Trinajstić information content (AvgIpc) is 3.06. The van der Waals surface area contributed by atoms with Gasteiger partial charge >= 0.3 is 0 Å². The molecule has 0 radical (unpaired) electrons. The number of nitrogens with zero attached hydrogens (tertiary/aromatic N) is 1. The number of aryl methyl sites for hydroxylation is 1. The lowest BCUT2D eigenvalue weighted by Crippen LogP contribution is -2.13. The van der Waals surface area contributed by atoms with E-state index in [1.807, 2.05) is 24.3 Å². The molecule has 6 heteroatoms. The third kappa shape index (κ3) is 3.45. The predicted octanol–water partition coefficient (Wildman–Crippen LogP) is 5.58. The first-order valence-electron chi connectivity index (χ1n) is 8.01. The average molecular weight is 384 g/mol. The molecule has 0 bridgehead atoms. The second-order valence-corrected chi connectivity index (χ2v) is 6.45. The Morgan fingerprint density at radius 3 is 2.77 bits per heavy atom. The lowest BCUT2D eigenvalue weighted by molar-refractivity contribution is -0.112. The molecule has 0 saturated heterocycles. The number of para-hydroxylation sites is 1. The van der Waals surface area contributed by atoms with Gasteiger partial charge in [-0.2, -0.15) is 5.26 Å². The Morgan fingerprint density at radius 1 is 1.27 bits per heavy atom. The Kier molecular flexibility index (Phi) is 5.32. The number of amides is 1. The lowest BCUT2D eigenvalue weighted by Gasteiger charge is -2.07. The van der Waals surface area contributed by atoms with E-state index in [0.29, 0.717) is 10.7 Å². The first-order chi connectivity index (χ1) is 12.5. The molecule has 1 aromatic heterocycles. The number of rotatable bonds is 4. The summed E-state index contributed by atoms with van der Waals surface area (Å²) in [5.74, 6) is -0.544. The monoisotopic (exact) mass is 383 g/mol. The van der Waals surface area contributed by atoms with Crippen LogP contribution in [0.3, 0.4) is 0 Å². The van der Waals surface area contributed by atoms with Gasteiger partial charge in [-0.05, 0) is 30.2 Å². The molecule has 0 aliphatic rings. The van der Waals surface area contributed by atoms with Gasteiger partial charge in [0.15, 0.2) is 0 Å². The van der Waals surface area contributed by atoms with Gasteiger partial charge in [0.05, 0.1) is 15.7 Å². The molecule has 26 heavy (non-hydrogen) atoms. The van der Waals surface area contributed by atoms with Gasteiger partial charge in [-0.15, -0.1) is 0 Å². The smallest absolute Gasteiger partial charge is 0.266 e. The highest BCUT2D eigenvalue weighted by Gasteiger charge is 2.14. The number of fused-ring (bicyclic) bond motifs is 1. The molecule has 1 amide bonds. The van der Waals surface area contributed by atoms with Gasteiger partial charge in [-0.1, -0.05) is 54.4 Å². The van der Waals surface area contributed by atoms with Crippen LogP contribution < -0.4 is 5.32 Å². The Hall–Kier alpha value is -2.74. The van der Waals surface area contributed by atoms with Crippen molar-refractivity contribution in [3.8, 4) is 6.07 Å². The van der Waals surface area contributed by atoms with E-state index in [2.05, 4.69) is 17.2 Å². The number of hydrogen-bond donors (Lipinski definition) is 2. The predicted molar refractivity (Wildman–Crippen MR) is 106 cm³/mol. The summed E-state index contributed by atoms with van der Waals surface area (Å²) < 4.78 is 0. The molecule has 0 spiro atoms. The normalized spacial score (nSPS) is 11.4. The fraction of sp³-hybridized carbons (Fsp3) is 0.100. The van der Waals surface area contributed by atoms with Crippen LogP contribution >= 0.6 is 23.2 Å². The van der Waals surface area contributed by atoms with Crippen molar-refractivity contribution in [2.75, 3.05) is 5.32 Å². The van der Waals surface area contributed by atoms with Gasteiger partial charge in [0, 0.05) is 22.7 Å². The van der Waals surface area contributed by atoms with Crippen LogP contribution in [-0.4, -0.2) is 10.9 Å². The fourth-order valence-electron chi connectivity index (χ4n) is 2.75. The summed E-state index contributed by atoms with van der Waals surface area (Å²) in [5, 5.41) is 13.6. The minimum atomic E-state index is -0.544. The van der Waals surface area contributed by atoms with Crippen molar-refractivity contribution in [1.29, 1.82) is 5.26 Å². The van der Waals surface area contributed by atoms with Crippen molar-refractivity contribution in [1.82, 2.24) is 4.98 Å². The minimum absolute atomic E-state index is 0.0242. The second kappa shape index (κ2) is 7.65. The summed E-state index contributed by atoms with van der Waals surface area (Å²) >= 11 is 12.0. The van der Waals surface area contributed by atoms with Gasteiger partial charge in [0.1, 0.15) is 11.6 Å². The maximum Gasteiger partial charge on any atom is 0.266 e. The van der Waals surface area contributed by atoms with Crippen LogP contribution in [0.5, 0.6) is 0 Å². The largest absolute Gasteiger partial charge is 0.360 e. The van der Waals surface area contributed by atoms with Gasteiger partial charge in [0.25, 0.3) is 5.91 Å². The summed E-state index contributed by atoms with van der Waals surface area (Å²) in [4.78, 5) is 15.7. The summed E-state index contributed by atoms with van der Waals surface area (Å²) in [7, 11) is 0. The molecule has 0 atom stereocenters. The number of carbonyl (C=O) groups is 1. The van der Waals surface area contributed by atoms with Gasteiger partial charge in [-0.25, -0.2) is 0 Å². The molecule has 3 rings (SSSR count). The minimum Gasteiger partial charge on any atom is -0.360 e. The zero-order chi connectivity index (χ0) is 18.7. The van der Waals surface area contributed by atoms with Crippen molar-refractivity contribution in [2.24, 2.45) is 0 Å². The van der Waals surface area contributed by atoms with Crippen molar-refractivity contribution >= 4 is 51.8 Å². The Morgan fingerprint density at radius 2 is 2.04 bits per heavy atom. The van der Waals surface area contributed by atoms with Gasteiger partial charge < -0.3 is 10.3 Å². The number of aromatic amines is 1. The molecule has 0 saturated carbocycles. The molecular weight excluding hydrogens is 369 g/mol. The lowest BCUT2D eigenvalue weighted by atomic mass is 10.1. The summed E-state index contributed by atoms with van der Waals surface area (Å²) in [6.45, 7) is 2.08. The van der Waals surface area contributed by atoms with Crippen molar-refractivity contribution in [3.63, 3.8) is 0 Å². The highest BCUT2D eigenvalue weighted by atomic mass is 35.5. The number of nitriles is 1. The van der Waals surface area contributed by atoms with Crippen LogP contribution in [0.1, 0.15) is 18.1 Å². The number of halogens is 2. The molecule has 0 unspecified atom stereocenters. The van der Waals surface area contributed by atoms with E-state index in [9.17, 15) is 10.1 Å². The Labute approximate surface area is 161 Å². The highest BCUT2D eigenvalue weighted by molar-refractivity contribution is 6.44. The fourth-order valence-corrected chi connectivity index (χ4v) is 3.09. The number of anilines is 1. The van der Waals surface area contributed by atoms with E-state index < -0.39 is 5.91 Å². The Balaban J connectivity index is 1.95. The van der Waals surface area contributed by atoms with Crippen LogP contribution in [0.15, 0.2) is 48.2 Å². The first kappa shape index (κ1) is 18.1. The molecular formula is C20H15Cl2N3O. The molecule has 0 aliphatic carbocycles. The first-order valence-corrected chi connectivity index (χ1v) is 8.77. The quantitative estimate of drug-likeness (QED) is 0.455. The number of aromatic nitrogens is 1. The maximum atomic E-state index is 12.5. The molecule has 4 nitrogen and oxygen atoms in total. The third-order valence-electron chi connectivity index (χ3n) is 4.08. The summed E-state index contributed by atoms with van der Waals surface area (Å²) in [6, 6.07) is 12.8. The zero-order valence-electron chi connectivity index (χ0n) is 13.9. The van der Waals surface area contributed by atoms with Crippen LogP contribution in [0, 0.1) is 11.3 Å². The SMILES string of the molecule is CCc1cccc2c(/C=C(\C#N)C(=O)Nc3cccc(Cl)c3Cl)c[nH]c12. The molecule has 3 aromatic rings. The van der Waals surface area contributed by atoms with E-state index in [-0.39, 0.29) is 10.6 Å². The maximum absolute atomic E-state index is 12.5. The number of carbonyl (C=O) groups excluding carboxylic acids is 1. The van der Waals surface area contributed by atoms with E-state index in [4.69, 9.17) is 23.2 Å². The number of benzene rings is 2. The van der Waals surface area contributed by atoms with Crippen LogP contribution in [0.4, 0.5) is 5.69 Å². The second-order valence-electron chi connectivity index (χ2n) is 5.66. The molecule has 2 aromatic carbocycles. The number of hydrogen-bond acceptors (Lipinski definition) is 2. The van der Waals surface area contributed by atoms with Crippen LogP contribution in [0.25, 0.3) is 17.0 Å². The number of nitrogens with one attached hydrogen (secondary N) is 2. The molecule has 0 aliphatic heterocycles. The van der Waals surface area contributed by atoms with Crippen LogP contribution in [-0.2, 0) is 11.2 Å². The molecule has 130 valence electrons. The van der Waals surface area contributed by atoms with E-state index in [1.54, 1.807) is 30.5 Å². The topological polar surface area (TPSA) is 68.7 Å². The van der Waals surface area contributed by atoms with Crippen molar-refractivity contribution in [3.05, 3.63) is 69.3 Å². The van der Waals surface area contributed by atoms with Crippen molar-refractivity contribution < 1.29 is 4.79 Å². The molecule has 1 heterocycles. The molecule has 0 fully saturated rings. The third-order valence-corrected chi connectivity index (χ3v) is 4.90. The van der Waals surface area contributed by atoms with Gasteiger partial charge in [0.2, 0.25) is 0 Å². The molecule has 2 N–H and O–H groups in total. The Bertz CT molecular complexity index is 1060. The standard InChI is InChI=1S/C20H15Cl2N3O/c1-2-12-5-3-6-15-14(11-24-19(12)15)9-13(10-23)20(26)25-17-8-4-7-16(21)18(17)22/h3-9,11,24H,2H2,1H3,(H,25,26)/b13-9+. The van der Waals surface area contributed by atoms with Crippen molar-refractivity contribution in [2.45, 2.75) is 13.3 Å². The van der Waals surface area contributed by atoms with Gasteiger partial charge in [-0.3, -0.25) is 4.79 Å². The summed E-state index contributed by atoms with van der Waals surface area (Å²) in [6.07, 6.45) is 4.24.